The van der Waals surface area contributed by atoms with Crippen molar-refractivity contribution < 1.29 is 26.8 Å². The molecule has 0 bridgehead atoms. The minimum atomic E-state index is -4.35. The Hall–Kier alpha value is -2.96. The molecule has 4 nitrogen and oxygen atoms in total. The Morgan fingerprint density at radius 3 is 2.42 bits per heavy atom. The first-order valence-electron chi connectivity index (χ1n) is 7.97. The second-order valence-electron chi connectivity index (χ2n) is 5.71. The summed E-state index contributed by atoms with van der Waals surface area (Å²) >= 11 is 0. The standard InChI is InChI=1S/C19H16F3NO3/c20-19(21,22)14-6-3-13(4-7-14)5-10-18(24)23-12-15-8-9-17(26-15)16-2-1-11-25-16/h1-4,6-9,11H,5,10,12H2,(H,23,24). The van der Waals surface area contributed by atoms with Gasteiger partial charge < -0.3 is 14.2 Å². The molecule has 0 spiro atoms. The maximum Gasteiger partial charge on any atom is 0.416 e. The fourth-order valence-corrected chi connectivity index (χ4v) is 2.42. The van der Waals surface area contributed by atoms with Gasteiger partial charge in [0.1, 0.15) is 5.76 Å². The average molecular weight is 363 g/mol. The van der Waals surface area contributed by atoms with Crippen molar-refractivity contribution in [3.8, 4) is 11.5 Å². The number of alkyl halides is 3. The summed E-state index contributed by atoms with van der Waals surface area (Å²) < 4.78 is 48.3. The van der Waals surface area contributed by atoms with Crippen molar-refractivity contribution in [2.24, 2.45) is 0 Å². The molecule has 2 heterocycles. The number of furan rings is 2. The zero-order chi connectivity index (χ0) is 18.6. The third-order valence-electron chi connectivity index (χ3n) is 3.81. The highest BCUT2D eigenvalue weighted by molar-refractivity contribution is 5.76. The highest BCUT2D eigenvalue weighted by Gasteiger charge is 2.29. The van der Waals surface area contributed by atoms with Gasteiger partial charge in [0, 0.05) is 6.42 Å². The Bertz CT molecular complexity index is 849. The number of benzene rings is 1. The van der Waals surface area contributed by atoms with E-state index in [1.54, 1.807) is 30.5 Å². The number of nitrogens with one attached hydrogen (secondary N) is 1. The highest BCUT2D eigenvalue weighted by Crippen LogP contribution is 2.29. The lowest BCUT2D eigenvalue weighted by Crippen LogP contribution is -2.22. The van der Waals surface area contributed by atoms with Gasteiger partial charge in [0.05, 0.1) is 18.4 Å². The van der Waals surface area contributed by atoms with Crippen LogP contribution >= 0.6 is 0 Å². The number of carbonyl (C=O) groups excluding carboxylic acids is 1. The minimum absolute atomic E-state index is 0.178. The topological polar surface area (TPSA) is 55.4 Å². The zero-order valence-corrected chi connectivity index (χ0v) is 13.7. The van der Waals surface area contributed by atoms with Gasteiger partial charge in [0.25, 0.3) is 0 Å². The molecule has 0 aliphatic heterocycles. The van der Waals surface area contributed by atoms with Crippen molar-refractivity contribution in [2.45, 2.75) is 25.6 Å². The van der Waals surface area contributed by atoms with Crippen LogP contribution in [0.25, 0.3) is 11.5 Å². The second kappa shape index (κ2) is 7.51. The molecule has 1 N–H and O–H groups in total. The number of rotatable bonds is 6. The monoisotopic (exact) mass is 363 g/mol. The van der Waals surface area contributed by atoms with Gasteiger partial charge in [-0.05, 0) is 48.4 Å². The summed E-state index contributed by atoms with van der Waals surface area (Å²) in [6, 6.07) is 11.8. The fourth-order valence-electron chi connectivity index (χ4n) is 2.42. The average Bonchev–Trinajstić information content (AvgIpc) is 3.29. The van der Waals surface area contributed by atoms with Crippen molar-refractivity contribution in [2.75, 3.05) is 0 Å². The van der Waals surface area contributed by atoms with Gasteiger partial charge in [0.15, 0.2) is 11.5 Å². The van der Waals surface area contributed by atoms with Gasteiger partial charge in [-0.25, -0.2) is 0 Å². The van der Waals surface area contributed by atoms with Gasteiger partial charge >= 0.3 is 6.18 Å². The molecule has 0 saturated carbocycles. The Kier molecular flexibility index (Phi) is 5.16. The Morgan fingerprint density at radius 2 is 1.77 bits per heavy atom. The third kappa shape index (κ3) is 4.56. The third-order valence-corrected chi connectivity index (χ3v) is 3.81. The molecule has 0 aliphatic rings. The lowest BCUT2D eigenvalue weighted by molar-refractivity contribution is -0.137. The van der Waals surface area contributed by atoms with Crippen LogP contribution in [0.4, 0.5) is 13.2 Å². The summed E-state index contributed by atoms with van der Waals surface area (Å²) in [7, 11) is 0. The number of halogens is 3. The van der Waals surface area contributed by atoms with Crippen LogP contribution < -0.4 is 5.32 Å². The van der Waals surface area contributed by atoms with E-state index in [0.717, 1.165) is 12.1 Å². The number of aryl methyl sites for hydroxylation is 1. The van der Waals surface area contributed by atoms with Crippen LogP contribution in [-0.4, -0.2) is 5.91 Å². The first-order chi connectivity index (χ1) is 12.4. The first-order valence-corrected chi connectivity index (χ1v) is 7.97. The number of hydrogen-bond donors (Lipinski definition) is 1. The minimum Gasteiger partial charge on any atom is -0.461 e. The largest absolute Gasteiger partial charge is 0.461 e. The lowest BCUT2D eigenvalue weighted by Gasteiger charge is -2.07. The van der Waals surface area contributed by atoms with Crippen LogP contribution in [0.15, 0.2) is 63.6 Å². The molecular weight excluding hydrogens is 347 g/mol. The van der Waals surface area contributed by atoms with Gasteiger partial charge in [-0.1, -0.05) is 12.1 Å². The van der Waals surface area contributed by atoms with Gasteiger partial charge in [-0.2, -0.15) is 13.2 Å². The Balaban J connectivity index is 1.46. The molecule has 136 valence electrons. The van der Waals surface area contributed by atoms with Crippen LogP contribution in [0.5, 0.6) is 0 Å². The van der Waals surface area contributed by atoms with Crippen LogP contribution in [-0.2, 0) is 23.9 Å². The SMILES string of the molecule is O=C(CCc1ccc(C(F)(F)F)cc1)NCc1ccc(-c2ccco2)o1. The molecule has 0 unspecified atom stereocenters. The van der Waals surface area contributed by atoms with Crippen molar-refractivity contribution in [3.05, 3.63) is 71.7 Å². The van der Waals surface area contributed by atoms with Crippen LogP contribution in [0, 0.1) is 0 Å². The molecule has 1 amide bonds. The molecule has 7 heteroatoms. The molecule has 0 radical (unpaired) electrons. The molecule has 0 saturated heterocycles. The molecule has 2 aromatic heterocycles. The summed E-state index contributed by atoms with van der Waals surface area (Å²) in [4.78, 5) is 11.9. The number of hydrogen-bond acceptors (Lipinski definition) is 3. The van der Waals surface area contributed by atoms with E-state index in [1.165, 1.54) is 12.1 Å². The van der Waals surface area contributed by atoms with E-state index in [-0.39, 0.29) is 18.9 Å². The quantitative estimate of drug-likeness (QED) is 0.684. The second-order valence-corrected chi connectivity index (χ2v) is 5.71. The Morgan fingerprint density at radius 1 is 1.00 bits per heavy atom. The van der Waals surface area contributed by atoms with E-state index in [1.807, 2.05) is 0 Å². The molecule has 0 atom stereocenters. The van der Waals surface area contributed by atoms with Crippen molar-refractivity contribution in [3.63, 3.8) is 0 Å². The molecule has 3 rings (SSSR count). The predicted molar refractivity (Wildman–Crippen MR) is 88.0 cm³/mol. The van der Waals surface area contributed by atoms with Gasteiger partial charge in [-0.3, -0.25) is 4.79 Å². The predicted octanol–water partition coefficient (Wildman–Crippen LogP) is 4.81. The maximum absolute atomic E-state index is 12.5. The van der Waals surface area contributed by atoms with Gasteiger partial charge in [0.2, 0.25) is 5.91 Å². The van der Waals surface area contributed by atoms with Gasteiger partial charge in [-0.15, -0.1) is 0 Å². The molecule has 1 aromatic carbocycles. The van der Waals surface area contributed by atoms with E-state index < -0.39 is 11.7 Å². The molecule has 0 aliphatic carbocycles. The van der Waals surface area contributed by atoms with Crippen molar-refractivity contribution >= 4 is 5.91 Å². The highest BCUT2D eigenvalue weighted by atomic mass is 19.4. The summed E-state index contributed by atoms with van der Waals surface area (Å²) in [6.45, 7) is 0.229. The number of carbonyl (C=O) groups is 1. The summed E-state index contributed by atoms with van der Waals surface area (Å²) in [5.74, 6) is 1.55. The smallest absolute Gasteiger partial charge is 0.416 e. The van der Waals surface area contributed by atoms with Crippen molar-refractivity contribution in [1.82, 2.24) is 5.32 Å². The van der Waals surface area contributed by atoms with E-state index in [2.05, 4.69) is 5.32 Å². The molecular formula is C19H16F3NO3. The van der Waals surface area contributed by atoms with Crippen LogP contribution in [0.3, 0.4) is 0 Å². The molecule has 26 heavy (non-hydrogen) atoms. The van der Waals surface area contributed by atoms with E-state index in [9.17, 15) is 18.0 Å². The van der Waals surface area contributed by atoms with Crippen molar-refractivity contribution in [1.29, 1.82) is 0 Å². The van der Waals surface area contributed by atoms with Crippen LogP contribution in [0.2, 0.25) is 0 Å². The first kappa shape index (κ1) is 17.8. The van der Waals surface area contributed by atoms with E-state index in [4.69, 9.17) is 8.83 Å². The molecule has 0 fully saturated rings. The summed E-state index contributed by atoms with van der Waals surface area (Å²) in [5, 5.41) is 2.72. The maximum atomic E-state index is 12.5. The lowest BCUT2D eigenvalue weighted by atomic mass is 10.1. The van der Waals surface area contributed by atoms with E-state index in [0.29, 0.717) is 29.3 Å². The normalized spacial score (nSPS) is 11.5. The fraction of sp³-hybridized carbons (Fsp3) is 0.211. The summed E-state index contributed by atoms with van der Waals surface area (Å²) in [6.07, 6.45) is -2.27. The summed E-state index contributed by atoms with van der Waals surface area (Å²) in [5.41, 5.74) is -0.0258. The van der Waals surface area contributed by atoms with Crippen LogP contribution in [0.1, 0.15) is 23.3 Å². The Labute approximate surface area is 147 Å². The molecule has 3 aromatic rings. The van der Waals surface area contributed by atoms with E-state index >= 15 is 0 Å². The zero-order valence-electron chi connectivity index (χ0n) is 13.7. The number of amides is 1.